The third-order valence-electron chi connectivity index (χ3n) is 4.09. The zero-order valence-corrected chi connectivity index (χ0v) is 15.2. The first kappa shape index (κ1) is 17.0. The van der Waals surface area contributed by atoms with E-state index >= 15 is 0 Å². The summed E-state index contributed by atoms with van der Waals surface area (Å²) >= 11 is 1.58. The second-order valence-electron chi connectivity index (χ2n) is 6.45. The zero-order valence-electron chi connectivity index (χ0n) is 14.4. The van der Waals surface area contributed by atoms with Crippen LogP contribution in [0.1, 0.15) is 41.0 Å². The lowest BCUT2D eigenvalue weighted by atomic mass is 10.1. The largest absolute Gasteiger partial charge is 0.334 e. The van der Waals surface area contributed by atoms with Gasteiger partial charge in [-0.15, -0.1) is 11.3 Å². The summed E-state index contributed by atoms with van der Waals surface area (Å²) in [4.78, 5) is 30.2. The molecule has 1 fully saturated rings. The lowest BCUT2D eigenvalue weighted by Gasteiger charge is -2.24. The number of likely N-dealkylation sites (tertiary alicyclic amines) is 1. The van der Waals surface area contributed by atoms with Crippen molar-refractivity contribution in [2.45, 2.75) is 38.8 Å². The molecule has 7 heteroatoms. The lowest BCUT2D eigenvalue weighted by molar-refractivity contribution is -0.131. The van der Waals surface area contributed by atoms with Crippen LogP contribution in [-0.2, 0) is 17.8 Å². The Kier molecular flexibility index (Phi) is 5.20. The van der Waals surface area contributed by atoms with E-state index in [1.165, 1.54) is 0 Å². The minimum atomic E-state index is 0.0341. The van der Waals surface area contributed by atoms with E-state index in [1.807, 2.05) is 31.3 Å². The van der Waals surface area contributed by atoms with Crippen LogP contribution in [-0.4, -0.2) is 51.3 Å². The maximum atomic E-state index is 12.7. The molecule has 2 aromatic heterocycles. The van der Waals surface area contributed by atoms with Crippen LogP contribution in [0.4, 0.5) is 0 Å². The van der Waals surface area contributed by atoms with E-state index < -0.39 is 0 Å². The van der Waals surface area contributed by atoms with Crippen molar-refractivity contribution in [3.05, 3.63) is 39.9 Å². The summed E-state index contributed by atoms with van der Waals surface area (Å²) in [6.07, 6.45) is 5.91. The highest BCUT2D eigenvalue weighted by Gasteiger charge is 2.31. The number of aromatic nitrogens is 3. The molecule has 0 aliphatic carbocycles. The Balaban J connectivity index is 1.74. The number of amides is 1. The Labute approximate surface area is 146 Å². The van der Waals surface area contributed by atoms with E-state index in [9.17, 15) is 4.79 Å². The van der Waals surface area contributed by atoms with Crippen LogP contribution in [0.15, 0.2) is 17.8 Å². The van der Waals surface area contributed by atoms with Crippen LogP contribution in [0.25, 0.3) is 0 Å². The molecule has 0 saturated carbocycles. The Hall–Kier alpha value is -1.86. The molecule has 1 saturated heterocycles. The topological polar surface area (TPSA) is 62.2 Å². The number of carbonyl (C=O) groups is 1. The fraction of sp³-hybridized carbons (Fsp3) is 0.529. The van der Waals surface area contributed by atoms with Gasteiger partial charge in [0.05, 0.1) is 40.7 Å². The average molecular weight is 345 g/mol. The highest BCUT2D eigenvalue weighted by Crippen LogP contribution is 2.31. The van der Waals surface area contributed by atoms with Crippen molar-refractivity contribution in [3.63, 3.8) is 0 Å². The molecular weight excluding hydrogens is 322 g/mol. The molecular formula is C17H23N5OS. The van der Waals surface area contributed by atoms with Crippen molar-refractivity contribution >= 4 is 17.2 Å². The van der Waals surface area contributed by atoms with Gasteiger partial charge in [0, 0.05) is 24.7 Å². The van der Waals surface area contributed by atoms with Crippen LogP contribution in [0.2, 0.25) is 0 Å². The summed E-state index contributed by atoms with van der Waals surface area (Å²) in [5, 5.41) is 2.97. The average Bonchev–Trinajstić information content (AvgIpc) is 3.16. The van der Waals surface area contributed by atoms with Gasteiger partial charge in [0.2, 0.25) is 5.91 Å². The fourth-order valence-corrected chi connectivity index (χ4v) is 3.72. The molecule has 0 radical (unpaired) electrons. The first-order valence-corrected chi connectivity index (χ1v) is 9.07. The Morgan fingerprint density at radius 1 is 1.33 bits per heavy atom. The number of hydrogen-bond acceptors (Lipinski definition) is 6. The summed E-state index contributed by atoms with van der Waals surface area (Å²) < 4.78 is 0. The molecule has 3 rings (SSSR count). The van der Waals surface area contributed by atoms with Crippen molar-refractivity contribution in [3.8, 4) is 0 Å². The van der Waals surface area contributed by atoms with E-state index in [2.05, 4.69) is 14.9 Å². The standard InChI is InChI=1S/C17H23N5OS/c1-12-19-13(11-24-12)7-17(23)22-6-4-5-16(22)15-9-18-8-14(20-15)10-21(2)3/h8-9,11,16H,4-7,10H2,1-3H3/t16-/m0/s1. The van der Waals surface area contributed by atoms with Crippen molar-refractivity contribution < 1.29 is 4.79 Å². The maximum absolute atomic E-state index is 12.7. The van der Waals surface area contributed by atoms with Gasteiger partial charge in [-0.25, -0.2) is 4.98 Å². The number of rotatable bonds is 5. The van der Waals surface area contributed by atoms with Gasteiger partial charge in [-0.1, -0.05) is 0 Å². The first-order valence-electron chi connectivity index (χ1n) is 8.19. The molecule has 1 amide bonds. The highest BCUT2D eigenvalue weighted by molar-refractivity contribution is 7.09. The van der Waals surface area contributed by atoms with E-state index in [1.54, 1.807) is 23.7 Å². The quantitative estimate of drug-likeness (QED) is 0.831. The van der Waals surface area contributed by atoms with Gasteiger partial charge in [-0.3, -0.25) is 14.8 Å². The van der Waals surface area contributed by atoms with Crippen molar-refractivity contribution in [1.29, 1.82) is 0 Å². The number of hydrogen-bond donors (Lipinski definition) is 0. The molecule has 2 aromatic rings. The summed E-state index contributed by atoms with van der Waals surface area (Å²) in [5.74, 6) is 0.127. The van der Waals surface area contributed by atoms with Gasteiger partial charge in [0.1, 0.15) is 0 Å². The summed E-state index contributed by atoms with van der Waals surface area (Å²) in [6.45, 7) is 3.49. The van der Waals surface area contributed by atoms with Gasteiger partial charge < -0.3 is 9.80 Å². The van der Waals surface area contributed by atoms with E-state index in [4.69, 9.17) is 4.98 Å². The number of aryl methyl sites for hydroxylation is 1. The smallest absolute Gasteiger partial charge is 0.229 e. The second-order valence-corrected chi connectivity index (χ2v) is 7.52. The van der Waals surface area contributed by atoms with Gasteiger partial charge >= 0.3 is 0 Å². The number of thiazole rings is 1. The normalized spacial score (nSPS) is 17.7. The summed E-state index contributed by atoms with van der Waals surface area (Å²) in [5.41, 5.74) is 2.70. The number of nitrogens with zero attached hydrogens (tertiary/aromatic N) is 5. The van der Waals surface area contributed by atoms with Gasteiger partial charge in [-0.2, -0.15) is 0 Å². The van der Waals surface area contributed by atoms with Crippen molar-refractivity contribution in [1.82, 2.24) is 24.8 Å². The Bertz CT molecular complexity index is 715. The van der Waals surface area contributed by atoms with E-state index in [0.29, 0.717) is 6.42 Å². The fourth-order valence-electron chi connectivity index (χ4n) is 3.10. The van der Waals surface area contributed by atoms with Crippen LogP contribution < -0.4 is 0 Å². The Morgan fingerprint density at radius 2 is 2.17 bits per heavy atom. The molecule has 3 heterocycles. The van der Waals surface area contributed by atoms with Crippen LogP contribution >= 0.6 is 11.3 Å². The third-order valence-corrected chi connectivity index (χ3v) is 4.92. The van der Waals surface area contributed by atoms with Gasteiger partial charge in [-0.05, 0) is 33.9 Å². The third kappa shape index (κ3) is 3.96. The Morgan fingerprint density at radius 3 is 2.88 bits per heavy atom. The van der Waals surface area contributed by atoms with Crippen molar-refractivity contribution in [2.24, 2.45) is 0 Å². The minimum absolute atomic E-state index is 0.0341. The minimum Gasteiger partial charge on any atom is -0.334 e. The molecule has 0 spiro atoms. The first-order chi connectivity index (χ1) is 11.5. The SMILES string of the molecule is Cc1nc(CC(=O)N2CCC[C@H]2c2cncc(CN(C)C)n2)cs1. The van der Waals surface area contributed by atoms with Gasteiger partial charge in [0.25, 0.3) is 0 Å². The summed E-state index contributed by atoms with van der Waals surface area (Å²) in [7, 11) is 4.02. The van der Waals surface area contributed by atoms with Crippen LogP contribution in [0.3, 0.4) is 0 Å². The monoisotopic (exact) mass is 345 g/mol. The number of carbonyl (C=O) groups excluding carboxylic acids is 1. The van der Waals surface area contributed by atoms with E-state index in [0.717, 1.165) is 48.0 Å². The molecule has 128 valence electrons. The highest BCUT2D eigenvalue weighted by atomic mass is 32.1. The van der Waals surface area contributed by atoms with E-state index in [-0.39, 0.29) is 11.9 Å². The van der Waals surface area contributed by atoms with Crippen LogP contribution in [0.5, 0.6) is 0 Å². The van der Waals surface area contributed by atoms with Crippen LogP contribution in [0, 0.1) is 6.92 Å². The summed E-state index contributed by atoms with van der Waals surface area (Å²) in [6, 6.07) is 0.0341. The molecule has 0 N–H and O–H groups in total. The molecule has 6 nitrogen and oxygen atoms in total. The molecule has 24 heavy (non-hydrogen) atoms. The van der Waals surface area contributed by atoms with Crippen molar-refractivity contribution in [2.75, 3.05) is 20.6 Å². The molecule has 1 aliphatic heterocycles. The van der Waals surface area contributed by atoms with Gasteiger partial charge in [0.15, 0.2) is 0 Å². The molecule has 1 atom stereocenters. The lowest BCUT2D eigenvalue weighted by Crippen LogP contribution is -2.32. The predicted molar refractivity (Wildman–Crippen MR) is 93.7 cm³/mol. The molecule has 0 aromatic carbocycles. The zero-order chi connectivity index (χ0) is 17.1. The maximum Gasteiger partial charge on any atom is 0.229 e. The molecule has 1 aliphatic rings. The predicted octanol–water partition coefficient (Wildman–Crippen LogP) is 2.21. The molecule has 0 unspecified atom stereocenters. The second kappa shape index (κ2) is 7.36. The molecule has 0 bridgehead atoms.